The molecule has 2 aromatic rings. The molecule has 9 heteroatoms. The highest BCUT2D eigenvalue weighted by Crippen LogP contribution is 2.34. The lowest BCUT2D eigenvalue weighted by Gasteiger charge is -2.17. The lowest BCUT2D eigenvalue weighted by Crippen LogP contribution is -2.23. The second-order valence-corrected chi connectivity index (χ2v) is 7.45. The molecule has 0 aromatic heterocycles. The molecule has 1 aliphatic rings. The van der Waals surface area contributed by atoms with Gasteiger partial charge in [-0.25, -0.2) is 8.42 Å². The Morgan fingerprint density at radius 1 is 1.00 bits per heavy atom. The maximum absolute atomic E-state index is 13.1. The highest BCUT2D eigenvalue weighted by Gasteiger charge is 2.36. The number of hydrogen-bond donors (Lipinski definition) is 1. The summed E-state index contributed by atoms with van der Waals surface area (Å²) in [7, 11) is -4.42. The van der Waals surface area contributed by atoms with E-state index < -0.39 is 26.7 Å². The van der Waals surface area contributed by atoms with Gasteiger partial charge in [-0.2, -0.15) is 13.2 Å². The Bertz CT molecular complexity index is 925. The zero-order chi connectivity index (χ0) is 18.9. The number of hydrogen-bond acceptors (Lipinski definition) is 3. The smallest absolute Gasteiger partial charge is 0.312 e. The standard InChI is InChI=1S/C17H15F3N2O3S/c18-17(19,20)14-4-1-2-5-15(14)26(24,25)21-12-7-9-13(10-8-12)22-11-3-6-16(22)23/h1-2,4-5,7-10,21H,3,6,11H2. The number of nitrogens with one attached hydrogen (secondary N) is 1. The average molecular weight is 384 g/mol. The molecule has 5 nitrogen and oxygen atoms in total. The topological polar surface area (TPSA) is 66.5 Å². The molecule has 0 aliphatic carbocycles. The maximum Gasteiger partial charge on any atom is 0.417 e. The van der Waals surface area contributed by atoms with Crippen LogP contribution >= 0.6 is 0 Å². The molecule has 0 unspecified atom stereocenters. The zero-order valence-electron chi connectivity index (χ0n) is 13.5. The molecule has 1 aliphatic heterocycles. The Hall–Kier alpha value is -2.55. The molecule has 1 fully saturated rings. The van der Waals surface area contributed by atoms with Gasteiger partial charge in [-0.1, -0.05) is 12.1 Å². The van der Waals surface area contributed by atoms with Gasteiger partial charge in [0.1, 0.15) is 0 Å². The maximum atomic E-state index is 13.1. The number of alkyl halides is 3. The quantitative estimate of drug-likeness (QED) is 0.875. The Balaban J connectivity index is 1.86. The Kier molecular flexibility index (Phi) is 4.66. The van der Waals surface area contributed by atoms with Crippen molar-refractivity contribution in [1.82, 2.24) is 0 Å². The minimum Gasteiger partial charge on any atom is -0.312 e. The number of halogens is 3. The molecule has 1 heterocycles. The summed E-state index contributed by atoms with van der Waals surface area (Å²) in [6.07, 6.45) is -3.57. The second-order valence-electron chi connectivity index (χ2n) is 5.80. The number of anilines is 2. The third-order valence-electron chi connectivity index (χ3n) is 3.99. The number of carbonyl (C=O) groups excluding carboxylic acids is 1. The van der Waals surface area contributed by atoms with Crippen LogP contribution in [0.1, 0.15) is 18.4 Å². The van der Waals surface area contributed by atoms with Gasteiger partial charge in [-0.3, -0.25) is 9.52 Å². The third kappa shape index (κ3) is 3.67. The molecule has 0 radical (unpaired) electrons. The first-order chi connectivity index (χ1) is 12.2. The van der Waals surface area contributed by atoms with Crippen LogP contribution in [-0.2, 0) is 21.0 Å². The zero-order valence-corrected chi connectivity index (χ0v) is 14.3. The number of benzene rings is 2. The Morgan fingerprint density at radius 3 is 2.23 bits per heavy atom. The van der Waals surface area contributed by atoms with E-state index in [-0.39, 0.29) is 11.6 Å². The SMILES string of the molecule is O=C1CCCN1c1ccc(NS(=O)(=O)c2ccccc2C(F)(F)F)cc1. The average Bonchev–Trinajstić information content (AvgIpc) is 3.00. The third-order valence-corrected chi connectivity index (χ3v) is 5.43. The summed E-state index contributed by atoms with van der Waals surface area (Å²) in [5.41, 5.74) is -0.504. The van der Waals surface area contributed by atoms with Crippen molar-refractivity contribution in [2.45, 2.75) is 23.9 Å². The second kappa shape index (κ2) is 6.64. The first-order valence-corrected chi connectivity index (χ1v) is 9.26. The predicted molar refractivity (Wildman–Crippen MR) is 90.3 cm³/mol. The molecule has 2 aromatic carbocycles. The fraction of sp³-hybridized carbons (Fsp3) is 0.235. The van der Waals surface area contributed by atoms with Crippen LogP contribution in [0.15, 0.2) is 53.4 Å². The predicted octanol–water partition coefficient (Wildman–Crippen LogP) is 3.63. The number of rotatable bonds is 4. The van der Waals surface area contributed by atoms with Crippen molar-refractivity contribution in [3.63, 3.8) is 0 Å². The minimum absolute atomic E-state index is 0.0163. The molecule has 138 valence electrons. The molecule has 0 saturated carbocycles. The van der Waals surface area contributed by atoms with Crippen molar-refractivity contribution in [3.05, 3.63) is 54.1 Å². The molecule has 1 amide bonds. The van der Waals surface area contributed by atoms with E-state index in [1.165, 1.54) is 18.2 Å². The largest absolute Gasteiger partial charge is 0.417 e. The van der Waals surface area contributed by atoms with Crippen LogP contribution in [0.25, 0.3) is 0 Å². The van der Waals surface area contributed by atoms with Gasteiger partial charge in [0.25, 0.3) is 10.0 Å². The fourth-order valence-electron chi connectivity index (χ4n) is 2.78. The van der Waals surface area contributed by atoms with Gasteiger partial charge < -0.3 is 4.90 Å². The summed E-state index contributed by atoms with van der Waals surface area (Å²) in [6, 6.07) is 9.91. The molecule has 0 bridgehead atoms. The normalized spacial score (nSPS) is 15.3. The molecule has 1 N–H and O–H groups in total. The van der Waals surface area contributed by atoms with Crippen LogP contribution in [0.5, 0.6) is 0 Å². The highest BCUT2D eigenvalue weighted by molar-refractivity contribution is 7.92. The van der Waals surface area contributed by atoms with Gasteiger partial charge in [0.2, 0.25) is 5.91 Å². The molecular weight excluding hydrogens is 369 g/mol. The van der Waals surface area contributed by atoms with Crippen molar-refractivity contribution in [1.29, 1.82) is 0 Å². The van der Waals surface area contributed by atoms with Crippen molar-refractivity contribution in [3.8, 4) is 0 Å². The van der Waals surface area contributed by atoms with Crippen LogP contribution in [0.2, 0.25) is 0 Å². The molecule has 26 heavy (non-hydrogen) atoms. The van der Waals surface area contributed by atoms with Gasteiger partial charge >= 0.3 is 6.18 Å². The van der Waals surface area contributed by atoms with Gasteiger partial charge in [0.15, 0.2) is 0 Å². The summed E-state index contributed by atoms with van der Waals surface area (Å²) >= 11 is 0. The van der Waals surface area contributed by atoms with E-state index in [0.29, 0.717) is 18.7 Å². The molecule has 0 spiro atoms. The van der Waals surface area contributed by atoms with Crippen molar-refractivity contribution in [2.75, 3.05) is 16.2 Å². The monoisotopic (exact) mass is 384 g/mol. The van der Waals surface area contributed by atoms with Gasteiger partial charge in [-0.15, -0.1) is 0 Å². The summed E-state index contributed by atoms with van der Waals surface area (Å²) in [4.78, 5) is 12.5. The summed E-state index contributed by atoms with van der Waals surface area (Å²) in [6.45, 7) is 0.586. The van der Waals surface area contributed by atoms with E-state index in [9.17, 15) is 26.4 Å². The Morgan fingerprint density at radius 2 is 1.65 bits per heavy atom. The van der Waals surface area contributed by atoms with Crippen LogP contribution in [0, 0.1) is 0 Å². The van der Waals surface area contributed by atoms with Crippen LogP contribution < -0.4 is 9.62 Å². The van der Waals surface area contributed by atoms with Crippen molar-refractivity contribution < 1.29 is 26.4 Å². The lowest BCUT2D eigenvalue weighted by molar-refractivity contribution is -0.139. The number of carbonyl (C=O) groups is 1. The minimum atomic E-state index is -4.79. The summed E-state index contributed by atoms with van der Waals surface area (Å²) in [5.74, 6) is -0.0163. The number of amides is 1. The van der Waals surface area contributed by atoms with Gasteiger partial charge in [0.05, 0.1) is 10.5 Å². The van der Waals surface area contributed by atoms with Crippen LogP contribution in [-0.4, -0.2) is 20.9 Å². The first kappa shape index (κ1) is 18.2. The molecular formula is C17H15F3N2O3S. The summed E-state index contributed by atoms with van der Waals surface area (Å²) < 4.78 is 66.1. The Labute approximate surface area is 148 Å². The lowest BCUT2D eigenvalue weighted by atomic mass is 10.2. The van der Waals surface area contributed by atoms with E-state index in [4.69, 9.17) is 0 Å². The first-order valence-electron chi connectivity index (χ1n) is 7.78. The van der Waals surface area contributed by atoms with E-state index >= 15 is 0 Å². The number of nitrogens with zero attached hydrogens (tertiary/aromatic N) is 1. The van der Waals surface area contributed by atoms with E-state index in [1.807, 2.05) is 0 Å². The van der Waals surface area contributed by atoms with Crippen molar-refractivity contribution in [2.24, 2.45) is 0 Å². The highest BCUT2D eigenvalue weighted by atomic mass is 32.2. The van der Waals surface area contributed by atoms with E-state index in [0.717, 1.165) is 24.6 Å². The van der Waals surface area contributed by atoms with Crippen LogP contribution in [0.3, 0.4) is 0 Å². The molecule has 0 atom stereocenters. The fourth-order valence-corrected chi connectivity index (χ4v) is 4.06. The van der Waals surface area contributed by atoms with Gasteiger partial charge in [0, 0.05) is 24.3 Å². The molecule has 1 saturated heterocycles. The number of sulfonamides is 1. The van der Waals surface area contributed by atoms with Gasteiger partial charge in [-0.05, 0) is 42.8 Å². The van der Waals surface area contributed by atoms with Crippen molar-refractivity contribution >= 4 is 27.3 Å². The molecule has 3 rings (SSSR count). The van der Waals surface area contributed by atoms with E-state index in [1.54, 1.807) is 17.0 Å². The summed E-state index contributed by atoms with van der Waals surface area (Å²) in [5, 5.41) is 0. The van der Waals surface area contributed by atoms with Crippen LogP contribution in [0.4, 0.5) is 24.5 Å². The van der Waals surface area contributed by atoms with E-state index in [2.05, 4.69) is 4.72 Å².